The van der Waals surface area contributed by atoms with Crippen LogP contribution in [-0.2, 0) is 23.1 Å². The number of esters is 1. The van der Waals surface area contributed by atoms with E-state index in [-0.39, 0.29) is 5.97 Å². The summed E-state index contributed by atoms with van der Waals surface area (Å²) >= 11 is 2.39. The van der Waals surface area contributed by atoms with Crippen molar-refractivity contribution in [3.8, 4) is 0 Å². The topological polar surface area (TPSA) is 50.6 Å². The van der Waals surface area contributed by atoms with Crippen molar-refractivity contribution in [2.45, 2.75) is 38.4 Å². The van der Waals surface area contributed by atoms with Gasteiger partial charge in [-0.05, 0) is 72.0 Å². The van der Waals surface area contributed by atoms with E-state index in [1.165, 1.54) is 26.1 Å². The normalized spacial score (nSPS) is 23.3. The summed E-state index contributed by atoms with van der Waals surface area (Å²) in [6.45, 7) is 2.82. The second-order valence-electron chi connectivity index (χ2n) is 9.28. The summed E-state index contributed by atoms with van der Waals surface area (Å²) in [4.78, 5) is 17.7. The van der Waals surface area contributed by atoms with Crippen LogP contribution in [0.3, 0.4) is 0 Å². The molecule has 33 heavy (non-hydrogen) atoms. The molecule has 1 atom stereocenters. The molecule has 3 aromatic rings. The molecule has 6 nitrogen and oxygen atoms in total. The Kier molecular flexibility index (Phi) is 4.94. The molecule has 0 spiro atoms. The smallest absolute Gasteiger partial charge is 0.349 e. The van der Waals surface area contributed by atoms with Gasteiger partial charge in [-0.2, -0.15) is 5.10 Å². The van der Waals surface area contributed by atoms with Crippen LogP contribution in [0.4, 0.5) is 0 Å². The highest BCUT2D eigenvalue weighted by atomic mass is 127. The molecule has 0 amide bonds. The van der Waals surface area contributed by atoms with Crippen LogP contribution in [0.15, 0.2) is 48.2 Å². The van der Waals surface area contributed by atoms with Crippen LogP contribution in [0.2, 0.25) is 0 Å². The Morgan fingerprint density at radius 2 is 1.94 bits per heavy atom. The van der Waals surface area contributed by atoms with Crippen LogP contribution in [0.1, 0.15) is 42.5 Å². The molecule has 0 radical (unpaired) electrons. The maximum Gasteiger partial charge on any atom is 0.349 e. The van der Waals surface area contributed by atoms with Gasteiger partial charge in [0.1, 0.15) is 0 Å². The van der Waals surface area contributed by atoms with Gasteiger partial charge >= 0.3 is 5.97 Å². The lowest BCUT2D eigenvalue weighted by molar-refractivity contribution is -0.153. The molecule has 1 saturated carbocycles. The van der Waals surface area contributed by atoms with Crippen molar-refractivity contribution >= 4 is 45.2 Å². The van der Waals surface area contributed by atoms with Crippen molar-refractivity contribution in [1.82, 2.24) is 19.6 Å². The summed E-state index contributed by atoms with van der Waals surface area (Å²) < 4.78 is 8.73. The minimum atomic E-state index is -0.487. The highest BCUT2D eigenvalue weighted by molar-refractivity contribution is 14.1. The molecule has 2 heterocycles. The Morgan fingerprint density at radius 1 is 1.15 bits per heavy atom. The molecule has 170 valence electrons. The highest BCUT2D eigenvalue weighted by Gasteiger charge is 2.50. The third-order valence-corrected chi connectivity index (χ3v) is 8.12. The summed E-state index contributed by atoms with van der Waals surface area (Å²) in [5.41, 5.74) is 7.25. The van der Waals surface area contributed by atoms with Gasteiger partial charge in [-0.3, -0.25) is 4.68 Å². The number of allylic oxidation sites excluding steroid dienone is 1. The van der Waals surface area contributed by atoms with Gasteiger partial charge < -0.3 is 14.5 Å². The molecule has 0 saturated heterocycles. The van der Waals surface area contributed by atoms with Gasteiger partial charge in [0.05, 0.1) is 30.1 Å². The Hall–Kier alpha value is -2.55. The molecule has 1 aliphatic heterocycles. The number of halogens is 1. The molecule has 1 fully saturated rings. The molecule has 4 aliphatic rings. The second kappa shape index (κ2) is 7.75. The summed E-state index contributed by atoms with van der Waals surface area (Å²) in [5.74, 6) is 0.850. The summed E-state index contributed by atoms with van der Waals surface area (Å²) in [6, 6.07) is 15.1. The van der Waals surface area contributed by atoms with E-state index in [0.717, 1.165) is 29.4 Å². The first kappa shape index (κ1) is 21.0. The Balaban J connectivity index is 1.52. The zero-order valence-electron chi connectivity index (χ0n) is 19.1. The molecule has 1 unspecified atom stereocenters. The molecule has 1 aromatic heterocycles. The molecular weight excluding hydrogens is 527 g/mol. The largest absolute Gasteiger partial charge is 0.463 e. The van der Waals surface area contributed by atoms with Gasteiger partial charge in [0, 0.05) is 40.2 Å². The number of nitrogens with zero attached hydrogens (tertiary/aromatic N) is 4. The molecule has 2 aromatic carbocycles. The zero-order valence-corrected chi connectivity index (χ0v) is 21.2. The number of likely N-dealkylation sites (N-methyl/N-ethyl adjacent to an activating group) is 1. The fraction of sp³-hybridized carbons (Fsp3) is 0.385. The fourth-order valence-corrected chi connectivity index (χ4v) is 6.45. The van der Waals surface area contributed by atoms with E-state index >= 15 is 0 Å². The number of aryl methyl sites for hydroxylation is 1. The number of carbonyl (C=O) groups excluding carboxylic acids is 1. The van der Waals surface area contributed by atoms with Crippen molar-refractivity contribution < 1.29 is 9.53 Å². The number of rotatable bonds is 4. The molecule has 3 aliphatic carbocycles. The lowest BCUT2D eigenvalue weighted by Gasteiger charge is -2.40. The van der Waals surface area contributed by atoms with Crippen molar-refractivity contribution in [3.63, 3.8) is 0 Å². The standard InChI is InChI=1S/C26H27IN4O2/c1-4-33-26(32)25-29(2)24-20-13-17(27)9-10-18(20)15-11-16(12-15)23(24)31(25)14-21-19-7-5-6-8-22(19)30(3)28-21/h5-10,13,15-16,25H,4,11-12,14H2,1-3H3. The van der Waals surface area contributed by atoms with E-state index in [9.17, 15) is 4.79 Å². The summed E-state index contributed by atoms with van der Waals surface area (Å²) in [7, 11) is 4.02. The average molecular weight is 554 g/mol. The second-order valence-corrected chi connectivity index (χ2v) is 10.5. The van der Waals surface area contributed by atoms with E-state index in [4.69, 9.17) is 9.84 Å². The van der Waals surface area contributed by atoms with Crippen LogP contribution in [0.25, 0.3) is 16.6 Å². The van der Waals surface area contributed by atoms with Crippen molar-refractivity contribution in [3.05, 3.63) is 68.6 Å². The number of hydrogen-bond acceptors (Lipinski definition) is 5. The van der Waals surface area contributed by atoms with Crippen molar-refractivity contribution in [1.29, 1.82) is 0 Å². The highest BCUT2D eigenvalue weighted by Crippen LogP contribution is 2.56. The van der Waals surface area contributed by atoms with Gasteiger partial charge in [0.15, 0.2) is 0 Å². The first-order valence-corrected chi connectivity index (χ1v) is 12.7. The summed E-state index contributed by atoms with van der Waals surface area (Å²) in [6.07, 6.45) is 1.78. The van der Waals surface area contributed by atoms with E-state index in [1.54, 1.807) is 0 Å². The van der Waals surface area contributed by atoms with Crippen LogP contribution >= 0.6 is 22.6 Å². The lowest BCUT2D eigenvalue weighted by atomic mass is 9.71. The Bertz CT molecular complexity index is 1310. The molecule has 0 N–H and O–H groups in total. The lowest BCUT2D eigenvalue weighted by Crippen LogP contribution is -2.47. The first-order valence-electron chi connectivity index (χ1n) is 11.6. The zero-order chi connectivity index (χ0) is 22.9. The van der Waals surface area contributed by atoms with E-state index < -0.39 is 6.17 Å². The van der Waals surface area contributed by atoms with Crippen LogP contribution in [0, 0.1) is 9.49 Å². The number of para-hydroxylation sites is 1. The number of fused-ring (bicyclic) bond motifs is 1. The van der Waals surface area contributed by atoms with Gasteiger partial charge in [-0.25, -0.2) is 4.79 Å². The van der Waals surface area contributed by atoms with Crippen LogP contribution in [-0.4, -0.2) is 45.4 Å². The minimum absolute atomic E-state index is 0.198. The van der Waals surface area contributed by atoms with Gasteiger partial charge in [0.2, 0.25) is 6.17 Å². The molecule has 7 rings (SSSR count). The van der Waals surface area contributed by atoms with Crippen molar-refractivity contribution in [2.75, 3.05) is 13.7 Å². The van der Waals surface area contributed by atoms with Crippen molar-refractivity contribution in [2.24, 2.45) is 13.0 Å². The number of carbonyl (C=O) groups is 1. The minimum Gasteiger partial charge on any atom is -0.463 e. The first-order chi connectivity index (χ1) is 16.0. The number of hydrogen-bond donors (Lipinski definition) is 0. The Morgan fingerprint density at radius 3 is 2.73 bits per heavy atom. The number of aromatic nitrogens is 2. The predicted octanol–water partition coefficient (Wildman–Crippen LogP) is 4.69. The van der Waals surface area contributed by atoms with E-state index in [0.29, 0.717) is 25.0 Å². The molecule has 2 bridgehead atoms. The fourth-order valence-electron chi connectivity index (χ4n) is 5.96. The average Bonchev–Trinajstić information content (AvgIpc) is 3.11. The van der Waals surface area contributed by atoms with Gasteiger partial charge in [-0.15, -0.1) is 0 Å². The van der Waals surface area contributed by atoms with Crippen LogP contribution in [0.5, 0.6) is 0 Å². The third-order valence-electron chi connectivity index (χ3n) is 7.45. The third kappa shape index (κ3) is 3.11. The Labute approximate surface area is 207 Å². The van der Waals surface area contributed by atoms with E-state index in [2.05, 4.69) is 68.8 Å². The quantitative estimate of drug-likeness (QED) is 0.346. The maximum absolute atomic E-state index is 13.3. The van der Waals surface area contributed by atoms with E-state index in [1.807, 2.05) is 31.8 Å². The summed E-state index contributed by atoms with van der Waals surface area (Å²) in [5, 5.41) is 5.99. The monoisotopic (exact) mass is 554 g/mol. The van der Waals surface area contributed by atoms with Crippen LogP contribution < -0.4 is 0 Å². The number of benzene rings is 2. The predicted molar refractivity (Wildman–Crippen MR) is 136 cm³/mol. The molecular formula is C26H27IN4O2. The maximum atomic E-state index is 13.3. The SMILES string of the molecule is CCOC(=O)C1N(C)C2=C(C3CC(C3)c3ccc(I)cc32)N1Cc1nn(C)c2ccccc12. The molecule has 7 heteroatoms. The van der Waals surface area contributed by atoms with Gasteiger partial charge in [-0.1, -0.05) is 24.3 Å². The number of ether oxygens (including phenoxy) is 1. The van der Waals surface area contributed by atoms with Gasteiger partial charge in [0.25, 0.3) is 0 Å².